The number of hydrogen-bond donors (Lipinski definition) is 2. The molecule has 34 heavy (non-hydrogen) atoms. The fourth-order valence-electron chi connectivity index (χ4n) is 3.26. The average molecular weight is 492 g/mol. The Morgan fingerprint density at radius 1 is 0.882 bits per heavy atom. The molecule has 0 radical (unpaired) electrons. The van der Waals surface area contributed by atoms with Crippen molar-refractivity contribution in [1.29, 1.82) is 0 Å². The number of carbonyl (C=O) groups excluding carboxylic acids is 1. The summed E-state index contributed by atoms with van der Waals surface area (Å²) in [5, 5.41) is 4.92. The maximum absolute atomic E-state index is 12.3. The van der Waals surface area contributed by atoms with Gasteiger partial charge in [0.15, 0.2) is 0 Å². The van der Waals surface area contributed by atoms with E-state index in [9.17, 15) is 4.79 Å². The molecule has 7 heteroatoms. The van der Waals surface area contributed by atoms with Gasteiger partial charge in [-0.15, -0.1) is 23.7 Å². The third-order valence-corrected chi connectivity index (χ3v) is 5.84. The maximum Gasteiger partial charge on any atom is 0.224 e. The minimum absolute atomic E-state index is 0. The van der Waals surface area contributed by atoms with Crippen molar-refractivity contribution in [2.75, 3.05) is 5.32 Å². The molecule has 0 aliphatic rings. The number of amides is 1. The number of para-hydroxylation sites is 1. The Morgan fingerprint density at radius 3 is 2.26 bits per heavy atom. The second-order valence-electron chi connectivity index (χ2n) is 7.48. The number of thiophene rings is 1. The van der Waals surface area contributed by atoms with Gasteiger partial charge in [-0.2, -0.15) is 0 Å². The largest absolute Gasteiger partial charge is 0.457 e. The maximum atomic E-state index is 12.3. The van der Waals surface area contributed by atoms with E-state index >= 15 is 0 Å². The SMILES string of the molecule is Cl.N/C(=N\c1ccc(CCCC(=O)Nc2ccc(Oc3ccccc3)cc2)cc1)c1cccs1. The lowest BCUT2D eigenvalue weighted by Crippen LogP contribution is -2.11. The number of amidine groups is 1. The first-order valence-corrected chi connectivity index (χ1v) is 11.6. The fraction of sp³-hybridized carbons (Fsp3) is 0.111. The summed E-state index contributed by atoms with van der Waals surface area (Å²) in [5.74, 6) is 2.02. The molecule has 4 rings (SSSR count). The van der Waals surface area contributed by atoms with Gasteiger partial charge in [0, 0.05) is 12.1 Å². The second-order valence-corrected chi connectivity index (χ2v) is 8.43. The highest BCUT2D eigenvalue weighted by Gasteiger charge is 2.05. The molecule has 0 aliphatic carbocycles. The van der Waals surface area contributed by atoms with E-state index in [4.69, 9.17) is 10.5 Å². The molecule has 5 nitrogen and oxygen atoms in total. The van der Waals surface area contributed by atoms with Crippen LogP contribution in [0.3, 0.4) is 0 Å². The van der Waals surface area contributed by atoms with Crippen molar-refractivity contribution in [2.24, 2.45) is 10.7 Å². The standard InChI is InChI=1S/C27H25N3O2S.ClH/c28-27(25-9-5-19-33-25)30-22-13-11-20(12-14-22)6-4-10-26(31)29-21-15-17-24(18-16-21)32-23-7-2-1-3-8-23;/h1-3,5,7-9,11-19H,4,6,10H2,(H2,28,30)(H,29,31);1H. The lowest BCUT2D eigenvalue weighted by molar-refractivity contribution is -0.116. The molecule has 1 heterocycles. The molecule has 4 aromatic rings. The topological polar surface area (TPSA) is 76.7 Å². The van der Waals surface area contributed by atoms with Gasteiger partial charge in [0.05, 0.1) is 10.6 Å². The molecule has 0 saturated carbocycles. The molecule has 3 aromatic carbocycles. The number of benzene rings is 3. The predicted octanol–water partition coefficient (Wildman–Crippen LogP) is 6.96. The Morgan fingerprint density at radius 2 is 1.59 bits per heavy atom. The number of halogens is 1. The van der Waals surface area contributed by atoms with Crippen LogP contribution in [0.2, 0.25) is 0 Å². The van der Waals surface area contributed by atoms with Gasteiger partial charge in [-0.05, 0) is 78.4 Å². The van der Waals surface area contributed by atoms with Gasteiger partial charge < -0.3 is 15.8 Å². The van der Waals surface area contributed by atoms with Crippen molar-refractivity contribution >= 4 is 46.9 Å². The highest BCUT2D eigenvalue weighted by atomic mass is 35.5. The van der Waals surface area contributed by atoms with E-state index in [1.54, 1.807) is 11.3 Å². The number of nitrogens with zero attached hydrogens (tertiary/aromatic N) is 1. The molecule has 0 saturated heterocycles. The van der Waals surface area contributed by atoms with E-state index in [1.165, 1.54) is 5.56 Å². The predicted molar refractivity (Wildman–Crippen MR) is 143 cm³/mol. The molecule has 0 spiro atoms. The molecular formula is C27H26ClN3O2S. The van der Waals surface area contributed by atoms with Crippen molar-refractivity contribution in [3.8, 4) is 11.5 Å². The van der Waals surface area contributed by atoms with Crippen molar-refractivity contribution < 1.29 is 9.53 Å². The van der Waals surface area contributed by atoms with E-state index in [0.29, 0.717) is 12.3 Å². The van der Waals surface area contributed by atoms with Crippen LogP contribution in [-0.2, 0) is 11.2 Å². The van der Waals surface area contributed by atoms with Crippen molar-refractivity contribution in [3.63, 3.8) is 0 Å². The van der Waals surface area contributed by atoms with Crippen molar-refractivity contribution in [2.45, 2.75) is 19.3 Å². The molecule has 0 aliphatic heterocycles. The van der Waals surface area contributed by atoms with Gasteiger partial charge in [-0.25, -0.2) is 4.99 Å². The van der Waals surface area contributed by atoms with Crippen LogP contribution in [0.15, 0.2) is 101 Å². The fourth-order valence-corrected chi connectivity index (χ4v) is 3.89. The Labute approximate surface area is 209 Å². The molecule has 1 amide bonds. The minimum Gasteiger partial charge on any atom is -0.457 e. The summed E-state index contributed by atoms with van der Waals surface area (Å²) in [7, 11) is 0. The number of hydrogen-bond acceptors (Lipinski definition) is 4. The Bertz CT molecular complexity index is 1190. The number of nitrogens with two attached hydrogens (primary N) is 1. The first kappa shape index (κ1) is 25.0. The van der Waals surface area contributed by atoms with Gasteiger partial charge >= 0.3 is 0 Å². The Balaban J connectivity index is 0.00000324. The average Bonchev–Trinajstić information content (AvgIpc) is 3.38. The number of carbonyl (C=O) groups is 1. The third kappa shape index (κ3) is 7.47. The molecule has 0 unspecified atom stereocenters. The summed E-state index contributed by atoms with van der Waals surface area (Å²) in [5.41, 5.74) is 8.78. The van der Waals surface area contributed by atoms with Crippen molar-refractivity contribution in [3.05, 3.63) is 107 Å². The summed E-state index contributed by atoms with van der Waals surface area (Å²) in [6.45, 7) is 0. The number of anilines is 1. The molecular weight excluding hydrogens is 466 g/mol. The second kappa shape index (κ2) is 12.6. The molecule has 3 N–H and O–H groups in total. The lowest BCUT2D eigenvalue weighted by Gasteiger charge is -2.08. The third-order valence-electron chi connectivity index (χ3n) is 4.95. The molecule has 1 aromatic heterocycles. The zero-order chi connectivity index (χ0) is 22.9. The van der Waals surface area contributed by atoms with E-state index in [1.807, 2.05) is 96.4 Å². The summed E-state index contributed by atoms with van der Waals surface area (Å²) in [4.78, 5) is 17.7. The normalized spacial score (nSPS) is 10.9. The zero-order valence-electron chi connectivity index (χ0n) is 18.5. The number of aryl methyl sites for hydroxylation is 1. The summed E-state index contributed by atoms with van der Waals surface area (Å²) >= 11 is 1.57. The van der Waals surface area contributed by atoms with E-state index in [2.05, 4.69) is 10.3 Å². The minimum atomic E-state index is -0.00308. The van der Waals surface area contributed by atoms with Gasteiger partial charge in [-0.1, -0.05) is 36.4 Å². The molecule has 0 fully saturated rings. The van der Waals surface area contributed by atoms with Crippen LogP contribution < -0.4 is 15.8 Å². The quantitative estimate of drug-likeness (QED) is 0.196. The highest BCUT2D eigenvalue weighted by Crippen LogP contribution is 2.23. The molecule has 174 valence electrons. The first-order valence-electron chi connectivity index (χ1n) is 10.8. The number of rotatable bonds is 9. The van der Waals surface area contributed by atoms with Crippen LogP contribution >= 0.6 is 23.7 Å². The number of ether oxygens (including phenoxy) is 1. The van der Waals surface area contributed by atoms with E-state index < -0.39 is 0 Å². The van der Waals surface area contributed by atoms with Crippen LogP contribution in [0.4, 0.5) is 11.4 Å². The van der Waals surface area contributed by atoms with Gasteiger partial charge in [-0.3, -0.25) is 4.79 Å². The van der Waals surface area contributed by atoms with Crippen LogP contribution in [0.5, 0.6) is 11.5 Å². The van der Waals surface area contributed by atoms with Crippen LogP contribution in [0, 0.1) is 0 Å². The first-order chi connectivity index (χ1) is 16.2. The summed E-state index contributed by atoms with van der Waals surface area (Å²) in [6, 6.07) is 28.9. The van der Waals surface area contributed by atoms with Gasteiger partial charge in [0.25, 0.3) is 0 Å². The van der Waals surface area contributed by atoms with E-state index in [0.717, 1.165) is 40.6 Å². The highest BCUT2D eigenvalue weighted by molar-refractivity contribution is 7.12. The summed E-state index contributed by atoms with van der Waals surface area (Å²) in [6.07, 6.45) is 2.04. The van der Waals surface area contributed by atoms with Crippen LogP contribution in [0.1, 0.15) is 23.3 Å². The Hall–Kier alpha value is -3.61. The van der Waals surface area contributed by atoms with Crippen LogP contribution in [0.25, 0.3) is 0 Å². The summed E-state index contributed by atoms with van der Waals surface area (Å²) < 4.78 is 5.77. The lowest BCUT2D eigenvalue weighted by atomic mass is 10.1. The van der Waals surface area contributed by atoms with Crippen LogP contribution in [-0.4, -0.2) is 11.7 Å². The molecule has 0 bridgehead atoms. The van der Waals surface area contributed by atoms with Gasteiger partial charge in [0.2, 0.25) is 5.91 Å². The Kier molecular flexibility index (Phi) is 9.26. The monoisotopic (exact) mass is 491 g/mol. The number of nitrogens with one attached hydrogen (secondary N) is 1. The smallest absolute Gasteiger partial charge is 0.224 e. The molecule has 0 atom stereocenters. The zero-order valence-corrected chi connectivity index (χ0v) is 20.1. The number of aliphatic imine (C=N–C) groups is 1. The van der Waals surface area contributed by atoms with E-state index in [-0.39, 0.29) is 18.3 Å². The van der Waals surface area contributed by atoms with Crippen molar-refractivity contribution in [1.82, 2.24) is 0 Å². The van der Waals surface area contributed by atoms with Gasteiger partial charge in [0.1, 0.15) is 17.3 Å².